The van der Waals surface area contributed by atoms with Gasteiger partial charge in [0.25, 0.3) is 5.91 Å². The Bertz CT molecular complexity index is 813. The van der Waals surface area contributed by atoms with Crippen molar-refractivity contribution in [2.45, 2.75) is 31.8 Å². The summed E-state index contributed by atoms with van der Waals surface area (Å²) >= 11 is 0. The lowest BCUT2D eigenvalue weighted by atomic mass is 10.2. The fourth-order valence-electron chi connectivity index (χ4n) is 3.73. The van der Waals surface area contributed by atoms with E-state index in [0.29, 0.717) is 43.2 Å². The van der Waals surface area contributed by atoms with Crippen LogP contribution < -0.4 is 15.0 Å². The van der Waals surface area contributed by atoms with E-state index >= 15 is 0 Å². The zero-order valence-electron chi connectivity index (χ0n) is 15.8. The minimum Gasteiger partial charge on any atom is -0.490 e. The molecule has 1 amide bonds. The van der Waals surface area contributed by atoms with Crippen LogP contribution in [0.15, 0.2) is 42.5 Å². The second-order valence-corrected chi connectivity index (χ2v) is 7.27. The molecule has 5 nitrogen and oxygen atoms in total. The number of carbonyl (C=O) groups excluding carboxylic acids is 1. The molecule has 0 aromatic heterocycles. The molecule has 0 bridgehead atoms. The van der Waals surface area contributed by atoms with E-state index in [1.165, 1.54) is 18.9 Å². The molecule has 2 aromatic rings. The van der Waals surface area contributed by atoms with Crippen LogP contribution in [-0.2, 0) is 4.74 Å². The zero-order chi connectivity index (χ0) is 19.3. The number of nitrogens with one attached hydrogen (secondary N) is 1. The van der Waals surface area contributed by atoms with Gasteiger partial charge in [0, 0.05) is 24.3 Å². The molecule has 1 N–H and O–H groups in total. The number of hydrogen-bond acceptors (Lipinski definition) is 4. The van der Waals surface area contributed by atoms with Crippen molar-refractivity contribution in [3.8, 4) is 5.75 Å². The highest BCUT2D eigenvalue weighted by Gasteiger charge is 2.18. The second-order valence-electron chi connectivity index (χ2n) is 7.27. The lowest BCUT2D eigenvalue weighted by Gasteiger charge is -2.29. The SMILES string of the molecule is O=C(Nc1ccc(N2CCOCC2)c(F)c1)c1ccc(OC2CCCC2)cc1. The second kappa shape index (κ2) is 8.61. The molecule has 1 aliphatic heterocycles. The highest BCUT2D eigenvalue weighted by atomic mass is 19.1. The number of carbonyl (C=O) groups is 1. The molecule has 1 aliphatic carbocycles. The number of nitrogens with zero attached hydrogens (tertiary/aromatic N) is 1. The molecule has 4 rings (SSSR count). The number of hydrogen-bond donors (Lipinski definition) is 1. The topological polar surface area (TPSA) is 50.8 Å². The number of benzene rings is 2. The van der Waals surface area contributed by atoms with E-state index in [-0.39, 0.29) is 17.8 Å². The average molecular weight is 384 g/mol. The highest BCUT2D eigenvalue weighted by molar-refractivity contribution is 6.04. The largest absolute Gasteiger partial charge is 0.490 e. The minimum atomic E-state index is -0.347. The van der Waals surface area contributed by atoms with E-state index in [2.05, 4.69) is 5.32 Å². The highest BCUT2D eigenvalue weighted by Crippen LogP contribution is 2.26. The van der Waals surface area contributed by atoms with Gasteiger partial charge in [-0.2, -0.15) is 0 Å². The van der Waals surface area contributed by atoms with Crippen LogP contribution in [0.5, 0.6) is 5.75 Å². The quantitative estimate of drug-likeness (QED) is 0.838. The first-order valence-electron chi connectivity index (χ1n) is 9.89. The Morgan fingerprint density at radius 3 is 2.46 bits per heavy atom. The fourth-order valence-corrected chi connectivity index (χ4v) is 3.73. The van der Waals surface area contributed by atoms with Crippen molar-refractivity contribution < 1.29 is 18.7 Å². The maximum atomic E-state index is 14.5. The first kappa shape index (κ1) is 18.7. The van der Waals surface area contributed by atoms with Crippen LogP contribution in [0, 0.1) is 5.82 Å². The van der Waals surface area contributed by atoms with Gasteiger partial charge in [-0.15, -0.1) is 0 Å². The zero-order valence-corrected chi connectivity index (χ0v) is 15.8. The van der Waals surface area contributed by atoms with Gasteiger partial charge in [0.1, 0.15) is 11.6 Å². The molecule has 148 valence electrons. The number of rotatable bonds is 5. The van der Waals surface area contributed by atoms with Gasteiger partial charge < -0.3 is 19.7 Å². The van der Waals surface area contributed by atoms with Gasteiger partial charge in [0.05, 0.1) is 25.0 Å². The van der Waals surface area contributed by atoms with E-state index in [1.54, 1.807) is 24.3 Å². The van der Waals surface area contributed by atoms with Crippen molar-refractivity contribution in [3.05, 3.63) is 53.8 Å². The van der Waals surface area contributed by atoms with E-state index in [4.69, 9.17) is 9.47 Å². The van der Waals surface area contributed by atoms with Crippen LogP contribution in [0.2, 0.25) is 0 Å². The summed E-state index contributed by atoms with van der Waals surface area (Å²) in [6.07, 6.45) is 4.90. The molecule has 0 unspecified atom stereocenters. The number of morpholine rings is 1. The van der Waals surface area contributed by atoms with Crippen LogP contribution in [0.3, 0.4) is 0 Å². The third-order valence-electron chi connectivity index (χ3n) is 5.28. The van der Waals surface area contributed by atoms with Gasteiger partial charge in [-0.05, 0) is 68.1 Å². The summed E-state index contributed by atoms with van der Waals surface area (Å²) in [4.78, 5) is 14.4. The molecule has 0 radical (unpaired) electrons. The third-order valence-corrected chi connectivity index (χ3v) is 5.28. The van der Waals surface area contributed by atoms with E-state index in [0.717, 1.165) is 18.6 Å². The van der Waals surface area contributed by atoms with Gasteiger partial charge in [-0.3, -0.25) is 4.79 Å². The Hall–Kier alpha value is -2.60. The Morgan fingerprint density at radius 1 is 1.07 bits per heavy atom. The Balaban J connectivity index is 1.38. The molecular formula is C22H25FN2O3. The number of anilines is 2. The van der Waals surface area contributed by atoms with Crippen molar-refractivity contribution >= 4 is 17.3 Å². The predicted octanol–water partition coefficient (Wildman–Crippen LogP) is 4.24. The van der Waals surface area contributed by atoms with Gasteiger partial charge >= 0.3 is 0 Å². The Morgan fingerprint density at radius 2 is 1.79 bits per heavy atom. The molecule has 2 aliphatic rings. The normalized spacial score (nSPS) is 17.5. The van der Waals surface area contributed by atoms with Crippen LogP contribution in [0.1, 0.15) is 36.0 Å². The molecule has 0 spiro atoms. The van der Waals surface area contributed by atoms with Crippen LogP contribution in [-0.4, -0.2) is 38.3 Å². The first-order chi connectivity index (χ1) is 13.7. The van der Waals surface area contributed by atoms with E-state index in [9.17, 15) is 9.18 Å². The van der Waals surface area contributed by atoms with E-state index < -0.39 is 0 Å². The summed E-state index contributed by atoms with van der Waals surface area (Å²) in [5, 5.41) is 2.76. The lowest BCUT2D eigenvalue weighted by Crippen LogP contribution is -2.36. The number of amides is 1. The molecular weight excluding hydrogens is 359 g/mol. The fraction of sp³-hybridized carbons (Fsp3) is 0.409. The minimum absolute atomic E-state index is 0.272. The molecule has 1 saturated carbocycles. The monoisotopic (exact) mass is 384 g/mol. The average Bonchev–Trinajstić information content (AvgIpc) is 3.22. The Kier molecular flexibility index (Phi) is 5.76. The van der Waals surface area contributed by atoms with Crippen molar-refractivity contribution in [2.24, 2.45) is 0 Å². The molecule has 6 heteroatoms. The Labute approximate surface area is 164 Å². The summed E-state index contributed by atoms with van der Waals surface area (Å²) in [6.45, 7) is 2.52. The maximum absolute atomic E-state index is 14.5. The van der Waals surface area contributed by atoms with Crippen LogP contribution >= 0.6 is 0 Å². The van der Waals surface area contributed by atoms with Gasteiger partial charge in [0.15, 0.2) is 0 Å². The van der Waals surface area contributed by atoms with Crippen molar-refractivity contribution in [3.63, 3.8) is 0 Å². The molecule has 28 heavy (non-hydrogen) atoms. The maximum Gasteiger partial charge on any atom is 0.255 e. The number of halogens is 1. The van der Waals surface area contributed by atoms with Gasteiger partial charge in [0.2, 0.25) is 0 Å². The van der Waals surface area contributed by atoms with Crippen molar-refractivity contribution in [2.75, 3.05) is 36.5 Å². The number of ether oxygens (including phenoxy) is 2. The molecule has 2 fully saturated rings. The summed E-state index contributed by atoms with van der Waals surface area (Å²) < 4.78 is 25.7. The summed E-state index contributed by atoms with van der Waals surface area (Å²) in [5.74, 6) is 0.162. The molecule has 1 heterocycles. The first-order valence-corrected chi connectivity index (χ1v) is 9.89. The molecule has 2 aromatic carbocycles. The summed E-state index contributed by atoms with van der Waals surface area (Å²) in [5.41, 5.74) is 1.48. The van der Waals surface area contributed by atoms with E-state index in [1.807, 2.05) is 17.0 Å². The lowest BCUT2D eigenvalue weighted by molar-refractivity contribution is 0.102. The van der Waals surface area contributed by atoms with Crippen molar-refractivity contribution in [1.82, 2.24) is 0 Å². The van der Waals surface area contributed by atoms with Crippen molar-refractivity contribution in [1.29, 1.82) is 0 Å². The molecule has 1 saturated heterocycles. The van der Waals surface area contributed by atoms with Crippen LogP contribution in [0.25, 0.3) is 0 Å². The molecule has 0 atom stereocenters. The summed E-state index contributed by atoms with van der Waals surface area (Å²) in [6, 6.07) is 11.9. The third kappa shape index (κ3) is 4.44. The smallest absolute Gasteiger partial charge is 0.255 e. The van der Waals surface area contributed by atoms with Gasteiger partial charge in [-0.1, -0.05) is 0 Å². The van der Waals surface area contributed by atoms with Gasteiger partial charge in [-0.25, -0.2) is 4.39 Å². The predicted molar refractivity (Wildman–Crippen MR) is 107 cm³/mol. The summed E-state index contributed by atoms with van der Waals surface area (Å²) in [7, 11) is 0. The standard InChI is InChI=1S/C22H25FN2O3/c23-20-15-17(7-10-21(20)25-11-13-27-14-12-25)24-22(26)16-5-8-19(9-6-16)28-18-3-1-2-4-18/h5-10,15,18H,1-4,11-14H2,(H,24,26). The van der Waals surface area contributed by atoms with Crippen LogP contribution in [0.4, 0.5) is 15.8 Å².